The molecule has 15 nitrogen and oxygen atoms in total. The Morgan fingerprint density at radius 3 is 1.79 bits per heavy atom. The van der Waals surface area contributed by atoms with Crippen molar-refractivity contribution in [1.29, 1.82) is 0 Å². The normalized spacial score (nSPS) is 20.7. The van der Waals surface area contributed by atoms with Gasteiger partial charge in [-0.15, -0.1) is 0 Å². The molecule has 15 heteroatoms. The smallest absolute Gasteiger partial charge is 0.407 e. The maximum atomic E-state index is 13.8. The summed E-state index contributed by atoms with van der Waals surface area (Å²) in [4.78, 5) is 76.8. The molecule has 302 valence electrons. The Bertz CT molecular complexity index is 2370. The first-order valence-corrected chi connectivity index (χ1v) is 20.5. The molecule has 0 radical (unpaired) electrons. The van der Waals surface area contributed by atoms with Crippen LogP contribution in [0.3, 0.4) is 0 Å². The van der Waals surface area contributed by atoms with Crippen LogP contribution in [-0.2, 0) is 19.1 Å². The Hall–Kier alpha value is -5.99. The highest BCUT2D eigenvalue weighted by atomic mass is 16.5. The Morgan fingerprint density at radius 1 is 0.655 bits per heavy atom. The molecule has 4 fully saturated rings. The number of imidazole rings is 2. The highest BCUT2D eigenvalue weighted by Crippen LogP contribution is 2.38. The zero-order valence-electron chi connectivity index (χ0n) is 32.8. The Balaban J connectivity index is 0.903. The number of amides is 4. The van der Waals surface area contributed by atoms with Crippen molar-refractivity contribution < 1.29 is 28.7 Å². The summed E-state index contributed by atoms with van der Waals surface area (Å²) in [7, 11) is 2.63. The molecule has 2 aliphatic heterocycles. The predicted molar refractivity (Wildman–Crippen MR) is 215 cm³/mol. The van der Waals surface area contributed by atoms with Crippen LogP contribution in [0.5, 0.6) is 0 Å². The highest BCUT2D eigenvalue weighted by Gasteiger charge is 2.43. The number of aromatic nitrogens is 5. The van der Waals surface area contributed by atoms with Crippen LogP contribution in [0, 0.1) is 11.8 Å². The molecular formula is C43H49N9O6. The average molecular weight is 788 g/mol. The summed E-state index contributed by atoms with van der Waals surface area (Å²) in [6, 6.07) is 13.1. The van der Waals surface area contributed by atoms with E-state index in [-0.39, 0.29) is 35.7 Å². The van der Waals surface area contributed by atoms with Crippen LogP contribution in [0.4, 0.5) is 9.59 Å². The lowest BCUT2D eigenvalue weighted by Gasteiger charge is -2.36. The predicted octanol–water partition coefficient (Wildman–Crippen LogP) is 6.54. The van der Waals surface area contributed by atoms with Crippen molar-refractivity contribution in [2.24, 2.45) is 11.8 Å². The van der Waals surface area contributed by atoms with Gasteiger partial charge in [0.1, 0.15) is 23.7 Å². The molecule has 4 atom stereocenters. The quantitative estimate of drug-likeness (QED) is 0.122. The fourth-order valence-corrected chi connectivity index (χ4v) is 9.15. The van der Waals surface area contributed by atoms with Gasteiger partial charge in [-0.2, -0.15) is 0 Å². The molecule has 0 spiro atoms. The number of fused-ring (bicyclic) bond motifs is 2. The molecule has 5 heterocycles. The monoisotopic (exact) mass is 787 g/mol. The molecular weight excluding hydrogens is 739 g/mol. The lowest BCUT2D eigenvalue weighted by molar-refractivity contribution is -0.137. The van der Waals surface area contributed by atoms with E-state index < -0.39 is 24.3 Å². The van der Waals surface area contributed by atoms with E-state index in [1.807, 2.05) is 22.2 Å². The first kappa shape index (κ1) is 37.6. The number of ether oxygens (including phenoxy) is 2. The lowest BCUT2D eigenvalue weighted by atomic mass is 9.79. The van der Waals surface area contributed by atoms with Crippen molar-refractivity contribution in [2.75, 3.05) is 27.3 Å². The molecule has 58 heavy (non-hydrogen) atoms. The zero-order chi connectivity index (χ0) is 39.9. The van der Waals surface area contributed by atoms with Crippen molar-refractivity contribution in [3.63, 3.8) is 0 Å². The molecule has 2 saturated heterocycles. The van der Waals surface area contributed by atoms with E-state index in [9.17, 15) is 19.2 Å². The maximum Gasteiger partial charge on any atom is 0.407 e. The molecule has 2 saturated carbocycles. The summed E-state index contributed by atoms with van der Waals surface area (Å²) in [5.41, 5.74) is 5.19. The summed E-state index contributed by atoms with van der Waals surface area (Å²) in [6.45, 7) is 1.22. The van der Waals surface area contributed by atoms with Gasteiger partial charge in [-0.25, -0.2) is 24.5 Å². The second kappa shape index (κ2) is 15.7. The van der Waals surface area contributed by atoms with Gasteiger partial charge in [-0.3, -0.25) is 9.59 Å². The fraction of sp³-hybridized carbons (Fsp3) is 0.465. The zero-order valence-corrected chi connectivity index (χ0v) is 32.8. The molecule has 4 amide bonds. The second-order valence-corrected chi connectivity index (χ2v) is 16.2. The van der Waals surface area contributed by atoms with Crippen LogP contribution in [0.25, 0.3) is 44.3 Å². The number of carbonyl (C=O) groups is 4. The minimum atomic E-state index is -0.606. The third kappa shape index (κ3) is 7.11. The molecule has 3 aromatic heterocycles. The number of carbonyl (C=O) groups excluding carboxylic acids is 4. The topological polar surface area (TPSA) is 188 Å². The molecule has 4 aliphatic rings. The van der Waals surface area contributed by atoms with Crippen molar-refractivity contribution in [1.82, 2.24) is 45.4 Å². The minimum absolute atomic E-state index is 0.0738. The van der Waals surface area contributed by atoms with Crippen LogP contribution in [-0.4, -0.2) is 98.1 Å². The lowest BCUT2D eigenvalue weighted by Crippen LogP contribution is -2.53. The number of alkyl carbamates (subject to hydrolysis) is 2. The van der Waals surface area contributed by atoms with Crippen molar-refractivity contribution in [3.8, 4) is 22.4 Å². The number of benzene rings is 2. The highest BCUT2D eigenvalue weighted by molar-refractivity contribution is 5.92. The number of nitrogens with zero attached hydrogens (tertiary/aromatic N) is 5. The van der Waals surface area contributed by atoms with Crippen LogP contribution >= 0.6 is 0 Å². The van der Waals surface area contributed by atoms with Crippen LogP contribution in [0.15, 0.2) is 54.9 Å². The Morgan fingerprint density at radius 2 is 1.22 bits per heavy atom. The fourth-order valence-electron chi connectivity index (χ4n) is 9.15. The van der Waals surface area contributed by atoms with E-state index in [0.29, 0.717) is 24.6 Å². The number of nitrogens with one attached hydrogen (secondary N) is 4. The van der Waals surface area contributed by atoms with E-state index in [2.05, 4.69) is 63.1 Å². The SMILES string of the molecule is COC(=O)N[C@H](C(=O)N1CCC[C@H]1c1ncc(-c2ccc3cc(-c4cnc5nc([C@@H]6CCCN6C(=O)[C@@H](NC(=O)OC)C6CCC6)[nH]c5c4)ccc3c2)[nH]1)C1CCC1. The van der Waals surface area contributed by atoms with Gasteiger partial charge in [0, 0.05) is 30.4 Å². The molecule has 4 N–H and O–H groups in total. The molecule has 9 rings (SSSR count). The Labute approximate surface area is 335 Å². The number of rotatable bonds is 10. The molecule has 0 unspecified atom stereocenters. The third-order valence-electron chi connectivity index (χ3n) is 12.8. The van der Waals surface area contributed by atoms with E-state index in [0.717, 1.165) is 109 Å². The van der Waals surface area contributed by atoms with Gasteiger partial charge in [-0.05, 0) is 97.7 Å². The summed E-state index contributed by atoms with van der Waals surface area (Å²) in [5.74, 6) is 1.51. The summed E-state index contributed by atoms with van der Waals surface area (Å²) in [5, 5.41) is 7.74. The number of hydrogen-bond donors (Lipinski definition) is 4. The van der Waals surface area contributed by atoms with Gasteiger partial charge >= 0.3 is 12.2 Å². The Kier molecular flexibility index (Phi) is 10.2. The number of likely N-dealkylation sites (tertiary alicyclic amines) is 2. The van der Waals surface area contributed by atoms with Crippen molar-refractivity contribution >= 4 is 45.9 Å². The molecule has 5 aromatic rings. The van der Waals surface area contributed by atoms with Crippen LogP contribution in [0.2, 0.25) is 0 Å². The summed E-state index contributed by atoms with van der Waals surface area (Å²) >= 11 is 0. The summed E-state index contributed by atoms with van der Waals surface area (Å²) in [6.07, 6.45) is 11.5. The number of methoxy groups -OCH3 is 2. The first-order chi connectivity index (χ1) is 28.3. The average Bonchev–Trinajstić information content (AvgIpc) is 4.04. The molecule has 2 aromatic carbocycles. The largest absolute Gasteiger partial charge is 0.453 e. The van der Waals surface area contributed by atoms with E-state index in [1.165, 1.54) is 14.2 Å². The third-order valence-corrected chi connectivity index (χ3v) is 12.8. The van der Waals surface area contributed by atoms with E-state index in [4.69, 9.17) is 24.4 Å². The van der Waals surface area contributed by atoms with Crippen LogP contribution in [0.1, 0.15) is 87.9 Å². The van der Waals surface area contributed by atoms with E-state index in [1.54, 1.807) is 0 Å². The molecule has 0 bridgehead atoms. The number of hydrogen-bond acceptors (Lipinski definition) is 9. The molecule has 2 aliphatic carbocycles. The maximum absolute atomic E-state index is 13.8. The van der Waals surface area contributed by atoms with Gasteiger partial charge in [0.05, 0.1) is 43.7 Å². The van der Waals surface area contributed by atoms with Crippen LogP contribution < -0.4 is 10.6 Å². The van der Waals surface area contributed by atoms with Crippen molar-refractivity contribution in [3.05, 3.63) is 66.5 Å². The summed E-state index contributed by atoms with van der Waals surface area (Å²) < 4.78 is 9.67. The van der Waals surface area contributed by atoms with Gasteiger partial charge in [0.2, 0.25) is 11.8 Å². The minimum Gasteiger partial charge on any atom is -0.453 e. The number of H-pyrrole nitrogens is 2. The van der Waals surface area contributed by atoms with Gasteiger partial charge < -0.3 is 39.9 Å². The van der Waals surface area contributed by atoms with Crippen molar-refractivity contribution in [2.45, 2.75) is 88.4 Å². The van der Waals surface area contributed by atoms with Gasteiger partial charge in [0.15, 0.2) is 5.65 Å². The number of aromatic amines is 2. The first-order valence-electron chi connectivity index (χ1n) is 20.5. The van der Waals surface area contributed by atoms with Gasteiger partial charge in [-0.1, -0.05) is 37.1 Å². The number of pyridine rings is 1. The van der Waals surface area contributed by atoms with Gasteiger partial charge in [0.25, 0.3) is 0 Å². The standard InChI is InChI=1S/C43H49N9O6/c1-57-42(55)48-35(24-7-3-8-24)40(53)51-17-5-11-33(51)38-45-23-32(47-38)29-16-15-26-19-28(14-13-27(26)20-29)30-21-31-37(44-22-30)50-39(46-31)34-12-6-18-52(34)41(54)36(25-9-4-10-25)49-43(56)58-2/h13-16,19-25,33-36H,3-12,17-18H2,1-2H3,(H,45,47)(H,48,55)(H,49,56)(H,44,46,50)/t33-,34-,35-,36-/m0/s1. The van der Waals surface area contributed by atoms with E-state index >= 15 is 0 Å². The second-order valence-electron chi connectivity index (χ2n) is 16.2.